The number of hydrogen-bond acceptors (Lipinski definition) is 3. The van der Waals surface area contributed by atoms with Crippen molar-refractivity contribution in [2.24, 2.45) is 0 Å². The highest BCUT2D eigenvalue weighted by molar-refractivity contribution is 5.67. The lowest BCUT2D eigenvalue weighted by Gasteiger charge is -2.05. The van der Waals surface area contributed by atoms with Gasteiger partial charge < -0.3 is 9.47 Å². The Hall–Kier alpha value is -2.73. The van der Waals surface area contributed by atoms with Crippen molar-refractivity contribution < 1.29 is 14.3 Å². The Balaban J connectivity index is 2.03. The van der Waals surface area contributed by atoms with E-state index in [0.717, 1.165) is 11.1 Å². The van der Waals surface area contributed by atoms with Crippen molar-refractivity contribution in [3.63, 3.8) is 0 Å². The fourth-order valence-corrected chi connectivity index (χ4v) is 1.57. The lowest BCUT2D eigenvalue weighted by molar-refractivity contribution is 0.111. The van der Waals surface area contributed by atoms with E-state index < -0.39 is 6.16 Å². The van der Waals surface area contributed by atoms with Crippen molar-refractivity contribution in [2.45, 2.75) is 0 Å². The third kappa shape index (κ3) is 3.62. The van der Waals surface area contributed by atoms with Crippen LogP contribution in [-0.4, -0.2) is 12.8 Å². The van der Waals surface area contributed by atoms with E-state index in [-0.39, 0.29) is 6.61 Å². The van der Waals surface area contributed by atoms with Gasteiger partial charge in [-0.1, -0.05) is 48.4 Å². The fraction of sp³-hybridized carbons (Fsp3) is 0.0625. The van der Waals surface area contributed by atoms with Crippen LogP contribution in [0.1, 0.15) is 0 Å². The van der Waals surface area contributed by atoms with Gasteiger partial charge in [0.25, 0.3) is 0 Å². The summed E-state index contributed by atoms with van der Waals surface area (Å²) in [6, 6.07) is 17.1. The first kappa shape index (κ1) is 12.7. The van der Waals surface area contributed by atoms with Gasteiger partial charge in [0.2, 0.25) is 0 Å². The maximum Gasteiger partial charge on any atom is 0.514 e. The summed E-state index contributed by atoms with van der Waals surface area (Å²) in [7, 11) is 0. The van der Waals surface area contributed by atoms with Gasteiger partial charge in [0.1, 0.15) is 5.75 Å². The van der Waals surface area contributed by atoms with Crippen LogP contribution in [0.3, 0.4) is 0 Å². The molecule has 19 heavy (non-hydrogen) atoms. The summed E-state index contributed by atoms with van der Waals surface area (Å²) in [5.74, 6) is 2.61. The number of ether oxygens (including phenoxy) is 2. The summed E-state index contributed by atoms with van der Waals surface area (Å²) in [6.45, 7) is -0.0963. The molecule has 0 N–H and O–H groups in total. The topological polar surface area (TPSA) is 35.5 Å². The normalized spacial score (nSPS) is 9.42. The zero-order valence-corrected chi connectivity index (χ0v) is 10.2. The average Bonchev–Trinajstić information content (AvgIpc) is 2.47. The molecule has 0 atom stereocenters. The van der Waals surface area contributed by atoms with Gasteiger partial charge in [-0.15, -0.1) is 6.42 Å². The quantitative estimate of drug-likeness (QED) is 0.476. The highest BCUT2D eigenvalue weighted by Crippen LogP contribution is 2.22. The molecule has 0 spiro atoms. The number of carbonyl (C=O) groups excluding carboxylic acids is 1. The highest BCUT2D eigenvalue weighted by atomic mass is 16.7. The van der Waals surface area contributed by atoms with Crippen molar-refractivity contribution in [1.82, 2.24) is 0 Å². The Morgan fingerprint density at radius 3 is 2.26 bits per heavy atom. The molecule has 0 saturated heterocycles. The minimum atomic E-state index is -0.801. The Bertz CT molecular complexity index is 580. The number of terminal acetylenes is 1. The van der Waals surface area contributed by atoms with Crippen LogP contribution in [-0.2, 0) is 4.74 Å². The van der Waals surface area contributed by atoms with Crippen molar-refractivity contribution in [2.75, 3.05) is 6.61 Å². The van der Waals surface area contributed by atoms with Crippen LogP contribution in [0.4, 0.5) is 4.79 Å². The number of hydrogen-bond donors (Lipinski definition) is 0. The first-order chi connectivity index (χ1) is 9.29. The maximum absolute atomic E-state index is 11.2. The van der Waals surface area contributed by atoms with E-state index in [1.54, 1.807) is 12.1 Å². The Morgan fingerprint density at radius 2 is 1.63 bits per heavy atom. The molecule has 0 unspecified atom stereocenters. The van der Waals surface area contributed by atoms with Crippen molar-refractivity contribution in [1.29, 1.82) is 0 Å². The first-order valence-corrected chi connectivity index (χ1v) is 5.73. The second-order valence-electron chi connectivity index (χ2n) is 3.74. The lowest BCUT2D eigenvalue weighted by atomic mass is 10.1. The molecule has 0 saturated carbocycles. The van der Waals surface area contributed by atoms with Crippen molar-refractivity contribution in [3.05, 3.63) is 54.6 Å². The lowest BCUT2D eigenvalue weighted by Crippen LogP contribution is -2.10. The van der Waals surface area contributed by atoms with Gasteiger partial charge in [0.15, 0.2) is 6.61 Å². The van der Waals surface area contributed by atoms with Crippen LogP contribution in [0.5, 0.6) is 5.75 Å². The molecule has 3 nitrogen and oxygen atoms in total. The van der Waals surface area contributed by atoms with Gasteiger partial charge >= 0.3 is 6.16 Å². The molecule has 0 bridgehead atoms. The Labute approximate surface area is 111 Å². The molecule has 0 aliphatic heterocycles. The van der Waals surface area contributed by atoms with Crippen molar-refractivity contribution in [3.8, 4) is 29.2 Å². The number of carbonyl (C=O) groups is 1. The van der Waals surface area contributed by atoms with Gasteiger partial charge in [0, 0.05) is 0 Å². The first-order valence-electron chi connectivity index (χ1n) is 5.73. The smallest absolute Gasteiger partial charge is 0.421 e. The Morgan fingerprint density at radius 1 is 1.00 bits per heavy atom. The maximum atomic E-state index is 11.2. The molecular weight excluding hydrogens is 240 g/mol. The van der Waals surface area contributed by atoms with Gasteiger partial charge in [-0.2, -0.15) is 0 Å². The molecule has 0 aliphatic carbocycles. The van der Waals surface area contributed by atoms with E-state index in [2.05, 4.69) is 10.7 Å². The second kappa shape index (κ2) is 6.27. The largest absolute Gasteiger partial charge is 0.514 e. The molecular formula is C16H12O3. The van der Waals surface area contributed by atoms with Crippen LogP contribution >= 0.6 is 0 Å². The molecule has 0 heterocycles. The molecule has 2 aromatic carbocycles. The minimum absolute atomic E-state index is 0.0963. The zero-order valence-electron chi connectivity index (χ0n) is 10.2. The van der Waals surface area contributed by atoms with Crippen LogP contribution in [0, 0.1) is 12.3 Å². The van der Waals surface area contributed by atoms with Gasteiger partial charge in [-0.25, -0.2) is 4.79 Å². The highest BCUT2D eigenvalue weighted by Gasteiger charge is 2.05. The standard InChI is InChI=1S/C16H12O3/c1-2-12-18-16(17)19-15-10-8-14(9-11-15)13-6-4-3-5-7-13/h1,3-11H,12H2. The molecule has 0 radical (unpaired) electrons. The van der Waals surface area contributed by atoms with Crippen LogP contribution in [0.25, 0.3) is 11.1 Å². The van der Waals surface area contributed by atoms with Crippen LogP contribution in [0.15, 0.2) is 54.6 Å². The summed E-state index contributed by atoms with van der Waals surface area (Å²) in [6.07, 6.45) is 4.17. The third-order valence-corrected chi connectivity index (χ3v) is 2.44. The minimum Gasteiger partial charge on any atom is -0.421 e. The molecule has 0 fully saturated rings. The monoisotopic (exact) mass is 252 g/mol. The van der Waals surface area contributed by atoms with E-state index >= 15 is 0 Å². The fourth-order valence-electron chi connectivity index (χ4n) is 1.57. The predicted octanol–water partition coefficient (Wildman–Crippen LogP) is 3.50. The zero-order chi connectivity index (χ0) is 13.5. The molecule has 0 aliphatic rings. The third-order valence-electron chi connectivity index (χ3n) is 2.44. The van der Waals surface area contributed by atoms with Gasteiger partial charge in [0.05, 0.1) is 0 Å². The molecule has 94 valence electrons. The van der Waals surface area contributed by atoms with E-state index in [4.69, 9.17) is 11.2 Å². The Kier molecular flexibility index (Phi) is 4.20. The molecule has 0 aromatic heterocycles. The summed E-state index contributed by atoms with van der Waals surface area (Å²) in [5, 5.41) is 0. The summed E-state index contributed by atoms with van der Waals surface area (Å²) in [4.78, 5) is 11.2. The number of rotatable bonds is 3. The molecule has 2 aromatic rings. The van der Waals surface area contributed by atoms with Crippen LogP contribution in [0.2, 0.25) is 0 Å². The van der Waals surface area contributed by atoms with E-state index in [1.807, 2.05) is 42.5 Å². The van der Waals surface area contributed by atoms with E-state index in [1.165, 1.54) is 0 Å². The summed E-state index contributed by atoms with van der Waals surface area (Å²) < 4.78 is 9.56. The molecule has 2 rings (SSSR count). The summed E-state index contributed by atoms with van der Waals surface area (Å²) in [5.41, 5.74) is 2.15. The van der Waals surface area contributed by atoms with Crippen molar-refractivity contribution >= 4 is 6.16 Å². The predicted molar refractivity (Wildman–Crippen MR) is 72.7 cm³/mol. The van der Waals surface area contributed by atoms with Gasteiger partial charge in [-0.05, 0) is 23.3 Å². The van der Waals surface area contributed by atoms with E-state index in [9.17, 15) is 4.79 Å². The molecule has 3 heteroatoms. The number of benzene rings is 2. The van der Waals surface area contributed by atoms with Crippen LogP contribution < -0.4 is 4.74 Å². The van der Waals surface area contributed by atoms with Gasteiger partial charge in [-0.3, -0.25) is 0 Å². The molecule has 0 amide bonds. The van der Waals surface area contributed by atoms with E-state index in [0.29, 0.717) is 5.75 Å². The second-order valence-corrected chi connectivity index (χ2v) is 3.74. The SMILES string of the molecule is C#CCOC(=O)Oc1ccc(-c2ccccc2)cc1. The average molecular weight is 252 g/mol. The summed E-state index contributed by atoms with van der Waals surface area (Å²) >= 11 is 0.